The van der Waals surface area contributed by atoms with E-state index in [0.717, 1.165) is 12.1 Å². The first-order chi connectivity index (χ1) is 20.4. The Morgan fingerprint density at radius 3 is 1.74 bits per heavy atom. The fourth-order valence-corrected chi connectivity index (χ4v) is 4.88. The number of ether oxygens (including phenoxy) is 6. The van der Waals surface area contributed by atoms with Crippen LogP contribution in [0.4, 0.5) is 5.69 Å². The van der Waals surface area contributed by atoms with Crippen LogP contribution in [0.15, 0.2) is 24.3 Å². The first-order valence-corrected chi connectivity index (χ1v) is 13.2. The minimum Gasteiger partial charge on any atom is -0.462 e. The predicted molar refractivity (Wildman–Crippen MR) is 133 cm³/mol. The number of benzene rings is 1. The first kappa shape index (κ1) is 33.7. The highest BCUT2D eigenvalue weighted by Gasteiger charge is 2.54. The molecule has 19 nitrogen and oxygen atoms in total. The van der Waals surface area contributed by atoms with Crippen LogP contribution in [0.3, 0.4) is 0 Å². The van der Waals surface area contributed by atoms with Gasteiger partial charge in [0.1, 0.15) is 72.9 Å². The highest BCUT2D eigenvalue weighted by Crippen LogP contribution is 2.34. The summed E-state index contributed by atoms with van der Waals surface area (Å²) in [6, 6.07) is 4.69. The van der Waals surface area contributed by atoms with Gasteiger partial charge in [-0.2, -0.15) is 0 Å². The second-order valence-electron chi connectivity index (χ2n) is 10.2. The highest BCUT2D eigenvalue weighted by atomic mass is 16.8. The van der Waals surface area contributed by atoms with Gasteiger partial charge in [-0.05, 0) is 12.1 Å². The van der Waals surface area contributed by atoms with Gasteiger partial charge >= 0.3 is 0 Å². The van der Waals surface area contributed by atoms with Crippen molar-refractivity contribution in [1.29, 1.82) is 0 Å². The zero-order chi connectivity index (χ0) is 31.6. The van der Waals surface area contributed by atoms with Crippen LogP contribution < -0.4 is 4.74 Å². The van der Waals surface area contributed by atoms with E-state index in [1.165, 1.54) is 12.1 Å². The van der Waals surface area contributed by atoms with Gasteiger partial charge < -0.3 is 79.5 Å². The van der Waals surface area contributed by atoms with E-state index in [2.05, 4.69) is 0 Å². The molecule has 3 fully saturated rings. The third kappa shape index (κ3) is 7.22. The molecule has 10 N–H and O–H groups in total. The molecule has 0 radical (unpaired) electrons. The van der Waals surface area contributed by atoms with Crippen molar-refractivity contribution in [1.82, 2.24) is 0 Å². The predicted octanol–water partition coefficient (Wildman–Crippen LogP) is -5.58. The van der Waals surface area contributed by atoms with Gasteiger partial charge in [0.05, 0.1) is 24.7 Å². The molecule has 4 rings (SSSR count). The highest BCUT2D eigenvalue weighted by molar-refractivity contribution is 5.36. The molecule has 43 heavy (non-hydrogen) atoms. The molecule has 0 spiro atoms. The second-order valence-corrected chi connectivity index (χ2v) is 10.2. The van der Waals surface area contributed by atoms with Gasteiger partial charge in [-0.25, -0.2) is 0 Å². The molecule has 0 saturated carbocycles. The molecular formula is C24H35NO18. The number of non-ortho nitro benzene ring substituents is 1. The van der Waals surface area contributed by atoms with Crippen LogP contribution in [0.25, 0.3) is 0 Å². The summed E-state index contributed by atoms with van der Waals surface area (Å²) in [5, 5.41) is 112. The van der Waals surface area contributed by atoms with Gasteiger partial charge in [-0.15, -0.1) is 0 Å². The minimum atomic E-state index is -1.76. The van der Waals surface area contributed by atoms with Crippen molar-refractivity contribution in [2.75, 3.05) is 19.8 Å². The van der Waals surface area contributed by atoms with E-state index in [4.69, 9.17) is 33.5 Å². The molecule has 19 heteroatoms. The van der Waals surface area contributed by atoms with E-state index in [-0.39, 0.29) is 11.4 Å². The maximum atomic E-state index is 11.0. The maximum Gasteiger partial charge on any atom is 0.269 e. The lowest BCUT2D eigenvalue weighted by atomic mass is 10.1. The zero-order valence-electron chi connectivity index (χ0n) is 22.3. The van der Waals surface area contributed by atoms with Crippen molar-refractivity contribution in [3.05, 3.63) is 34.4 Å². The second kappa shape index (κ2) is 14.3. The van der Waals surface area contributed by atoms with Crippen LogP contribution in [-0.2, 0) is 23.7 Å². The van der Waals surface area contributed by atoms with E-state index >= 15 is 0 Å². The summed E-state index contributed by atoms with van der Waals surface area (Å²) in [5.74, 6) is 0.00856. The van der Waals surface area contributed by atoms with Gasteiger partial charge in [0, 0.05) is 12.1 Å². The molecule has 0 amide bonds. The topological polar surface area (TPSA) is 301 Å². The number of aliphatic hydroxyl groups is 10. The fourth-order valence-electron chi connectivity index (χ4n) is 4.88. The van der Waals surface area contributed by atoms with E-state index in [9.17, 15) is 56.1 Å². The quantitative estimate of drug-likeness (QED) is 0.0721. The molecule has 3 aliphatic rings. The maximum absolute atomic E-state index is 11.0. The molecule has 0 aliphatic carbocycles. The van der Waals surface area contributed by atoms with Crippen molar-refractivity contribution in [3.63, 3.8) is 0 Å². The average molecular weight is 626 g/mol. The smallest absolute Gasteiger partial charge is 0.269 e. The lowest BCUT2D eigenvalue weighted by Crippen LogP contribution is -2.46. The first-order valence-electron chi connectivity index (χ1n) is 13.2. The van der Waals surface area contributed by atoms with Crippen LogP contribution in [0.5, 0.6) is 5.75 Å². The van der Waals surface area contributed by atoms with E-state index in [0.29, 0.717) is 0 Å². The number of rotatable bonds is 13. The van der Waals surface area contributed by atoms with E-state index < -0.39 is 117 Å². The Balaban J connectivity index is 1.47. The van der Waals surface area contributed by atoms with Crippen LogP contribution in [0.1, 0.15) is 0 Å². The Morgan fingerprint density at radius 1 is 0.721 bits per heavy atom. The molecule has 0 aromatic heterocycles. The number of nitro groups is 1. The summed E-state index contributed by atoms with van der Waals surface area (Å²) in [6.45, 7) is -2.27. The van der Waals surface area contributed by atoms with Crippen molar-refractivity contribution < 1.29 is 84.4 Å². The molecule has 3 saturated heterocycles. The summed E-state index contributed by atoms with van der Waals surface area (Å²) in [6.07, 6.45) is -24.1. The van der Waals surface area contributed by atoms with Crippen molar-refractivity contribution in [3.8, 4) is 5.75 Å². The van der Waals surface area contributed by atoms with Crippen molar-refractivity contribution >= 4 is 5.69 Å². The summed E-state index contributed by atoms with van der Waals surface area (Å²) in [5.41, 5.74) is -0.252. The van der Waals surface area contributed by atoms with E-state index in [1.807, 2.05) is 0 Å². The van der Waals surface area contributed by atoms with Crippen molar-refractivity contribution in [2.24, 2.45) is 0 Å². The number of nitro benzene ring substituents is 1. The molecule has 1 aromatic rings. The Hall–Kier alpha value is -2.18. The Kier molecular flexibility index (Phi) is 11.2. The number of nitrogens with zero attached hydrogens (tertiary/aromatic N) is 1. The molecule has 3 aliphatic heterocycles. The number of hydrogen-bond donors (Lipinski definition) is 10. The molecule has 1 aromatic carbocycles. The molecule has 0 bridgehead atoms. The largest absolute Gasteiger partial charge is 0.462 e. The minimum absolute atomic E-state index is 0.00856. The fraction of sp³-hybridized carbons (Fsp3) is 0.750. The van der Waals surface area contributed by atoms with Gasteiger partial charge in [0.2, 0.25) is 6.29 Å². The Bertz CT molecular complexity index is 1050. The summed E-state index contributed by atoms with van der Waals surface area (Å²) < 4.78 is 32.9. The molecule has 244 valence electrons. The Morgan fingerprint density at radius 2 is 1.21 bits per heavy atom. The van der Waals surface area contributed by atoms with Gasteiger partial charge in [0.25, 0.3) is 5.69 Å². The lowest BCUT2D eigenvalue weighted by Gasteiger charge is -2.26. The molecular weight excluding hydrogens is 590 g/mol. The number of hydrogen-bond acceptors (Lipinski definition) is 18. The molecule has 3 heterocycles. The van der Waals surface area contributed by atoms with Crippen molar-refractivity contribution in [2.45, 2.75) is 92.1 Å². The SMILES string of the molecule is O=[N+]([O-])c1ccc(O[C@@H]2O[C@@H]([C@H](O)CO[C@@H]3O[C@@H]([C@H](O)CO)[C@H](O)[C@H]3O)[C@H](O)[C@H]2O[C@@H]2O[C@@H]([C@H](O)CO)[C@H](O)[C@H]2O)cc1. The summed E-state index contributed by atoms with van der Waals surface area (Å²) in [7, 11) is 0. The normalized spacial score (nSPS) is 40.0. The molecule has 0 unspecified atom stereocenters. The third-order valence-corrected chi connectivity index (χ3v) is 7.28. The zero-order valence-corrected chi connectivity index (χ0v) is 22.3. The van der Waals surface area contributed by atoms with Crippen LogP contribution in [-0.4, -0.2) is 168 Å². The van der Waals surface area contributed by atoms with E-state index in [1.54, 1.807) is 0 Å². The Labute approximate surface area is 242 Å². The third-order valence-electron chi connectivity index (χ3n) is 7.28. The molecule has 15 atom stereocenters. The standard InChI is InChI=1S/C24H35NO18/c26-5-10(28)18-13(31)15(33)22(40-18)38-7-12(30)20-17(35)21(43-23-16(34)14(32)19(41-23)11(29)6-27)24(42-20)39-9-3-1-8(2-4-9)25(36)37/h1-4,10-24,26-35H,5-7H2/t10-,11-,12-,13-,14-,15-,16-,17+,18+,19+,20+,21-,22-,23+,24-/m1/s1. The monoisotopic (exact) mass is 625 g/mol. The van der Waals surface area contributed by atoms with Gasteiger partial charge in [0.15, 0.2) is 18.7 Å². The van der Waals surface area contributed by atoms with Crippen LogP contribution >= 0.6 is 0 Å². The summed E-state index contributed by atoms with van der Waals surface area (Å²) in [4.78, 5) is 10.3. The summed E-state index contributed by atoms with van der Waals surface area (Å²) >= 11 is 0. The van der Waals surface area contributed by atoms with Gasteiger partial charge in [-0.3, -0.25) is 10.1 Å². The average Bonchev–Trinajstić information content (AvgIpc) is 3.57. The lowest BCUT2D eigenvalue weighted by molar-refractivity contribution is -0.384. The van der Waals surface area contributed by atoms with Crippen LogP contribution in [0, 0.1) is 10.1 Å². The van der Waals surface area contributed by atoms with Gasteiger partial charge in [-0.1, -0.05) is 0 Å². The number of aliphatic hydroxyl groups excluding tert-OH is 10. The van der Waals surface area contributed by atoms with Crippen LogP contribution in [0.2, 0.25) is 0 Å².